The van der Waals surface area contributed by atoms with Gasteiger partial charge >= 0.3 is 0 Å². The van der Waals surface area contributed by atoms with Gasteiger partial charge in [0.15, 0.2) is 0 Å². The Morgan fingerprint density at radius 2 is 1.35 bits per heavy atom. The summed E-state index contributed by atoms with van der Waals surface area (Å²) in [4.78, 5) is 26.6. The second kappa shape index (κ2) is 17.0. The zero-order valence-electron chi connectivity index (χ0n) is 19.9. The molecule has 0 aromatic rings. The smallest absolute Gasteiger partial charge is 0.220 e. The summed E-state index contributed by atoms with van der Waals surface area (Å²) in [6.07, 6.45) is 13.5. The minimum atomic E-state index is 0.116. The van der Waals surface area contributed by atoms with E-state index in [2.05, 4.69) is 42.5 Å². The first-order valence-corrected chi connectivity index (χ1v) is 12.1. The molecule has 1 saturated heterocycles. The lowest BCUT2D eigenvalue weighted by molar-refractivity contribution is -0.121. The van der Waals surface area contributed by atoms with Gasteiger partial charge in [0.2, 0.25) is 11.8 Å². The lowest BCUT2D eigenvalue weighted by atomic mass is 10.1. The van der Waals surface area contributed by atoms with Crippen LogP contribution < -0.4 is 10.6 Å². The highest BCUT2D eigenvalue weighted by Crippen LogP contribution is 2.15. The maximum Gasteiger partial charge on any atom is 0.220 e. The van der Waals surface area contributed by atoms with Gasteiger partial charge in [-0.2, -0.15) is 0 Å². The Balaban J connectivity index is 2.32. The molecule has 178 valence electrons. The summed E-state index contributed by atoms with van der Waals surface area (Å²) in [5.74, 6) is 0.232. The Morgan fingerprint density at radius 1 is 0.903 bits per heavy atom. The number of amides is 2. The van der Waals surface area contributed by atoms with Gasteiger partial charge in [-0.05, 0) is 52.4 Å². The molecule has 1 aliphatic rings. The molecule has 31 heavy (non-hydrogen) atoms. The van der Waals surface area contributed by atoms with Crippen LogP contribution >= 0.6 is 0 Å². The molecule has 0 spiro atoms. The molecule has 3 unspecified atom stereocenters. The average molecular weight is 436 g/mol. The Bertz CT molecular complexity index is 494. The molecule has 0 aromatic carbocycles. The van der Waals surface area contributed by atoms with Gasteiger partial charge in [-0.3, -0.25) is 14.5 Å². The van der Waals surface area contributed by atoms with Crippen LogP contribution in [0.15, 0.2) is 25.3 Å². The molecule has 3 atom stereocenters. The van der Waals surface area contributed by atoms with Crippen molar-refractivity contribution in [1.29, 1.82) is 0 Å². The molecule has 0 aliphatic carbocycles. The molecule has 1 heterocycles. The summed E-state index contributed by atoms with van der Waals surface area (Å²) >= 11 is 0. The first-order chi connectivity index (χ1) is 15.0. The van der Waals surface area contributed by atoms with Crippen molar-refractivity contribution in [1.82, 2.24) is 15.5 Å². The predicted molar refractivity (Wildman–Crippen MR) is 128 cm³/mol. The van der Waals surface area contributed by atoms with Gasteiger partial charge in [0.05, 0.1) is 12.7 Å². The van der Waals surface area contributed by atoms with Crippen LogP contribution in [0.2, 0.25) is 0 Å². The summed E-state index contributed by atoms with van der Waals surface area (Å²) in [5.41, 5.74) is 0. The maximum absolute atomic E-state index is 12.2. The van der Waals surface area contributed by atoms with Gasteiger partial charge in [-0.15, -0.1) is 13.2 Å². The Hall–Kier alpha value is -1.66. The molecule has 6 heteroatoms. The van der Waals surface area contributed by atoms with Gasteiger partial charge in [-0.1, -0.05) is 25.0 Å². The lowest BCUT2D eigenvalue weighted by Crippen LogP contribution is -2.51. The van der Waals surface area contributed by atoms with Crippen LogP contribution in [-0.2, 0) is 14.3 Å². The molecule has 0 radical (unpaired) electrons. The van der Waals surface area contributed by atoms with E-state index in [9.17, 15) is 9.59 Å². The number of nitrogens with one attached hydrogen (secondary N) is 2. The van der Waals surface area contributed by atoms with Crippen molar-refractivity contribution in [2.24, 2.45) is 0 Å². The van der Waals surface area contributed by atoms with E-state index in [1.165, 1.54) is 0 Å². The third-order valence-electron chi connectivity index (χ3n) is 5.76. The van der Waals surface area contributed by atoms with Crippen molar-refractivity contribution in [2.45, 2.75) is 96.2 Å². The number of rotatable bonds is 20. The number of carbonyl (C=O) groups is 2. The third-order valence-corrected chi connectivity index (χ3v) is 5.76. The van der Waals surface area contributed by atoms with Crippen molar-refractivity contribution in [3.63, 3.8) is 0 Å². The fraction of sp³-hybridized carbons (Fsp3) is 0.760. The van der Waals surface area contributed by atoms with Crippen LogP contribution in [0.5, 0.6) is 0 Å². The second-order valence-electron chi connectivity index (χ2n) is 8.73. The number of carbonyl (C=O) groups excluding carboxylic acids is 2. The summed E-state index contributed by atoms with van der Waals surface area (Å²) < 4.78 is 5.43. The van der Waals surface area contributed by atoms with Gasteiger partial charge in [0.1, 0.15) is 0 Å². The summed E-state index contributed by atoms with van der Waals surface area (Å²) in [6, 6.07) is 0.361. The fourth-order valence-corrected chi connectivity index (χ4v) is 3.64. The Morgan fingerprint density at radius 3 is 1.74 bits per heavy atom. The molecule has 1 fully saturated rings. The zero-order valence-corrected chi connectivity index (χ0v) is 19.9. The highest BCUT2D eigenvalue weighted by Gasteiger charge is 2.30. The highest BCUT2D eigenvalue weighted by molar-refractivity contribution is 5.76. The normalized spacial score (nSPS) is 17.1. The molecule has 1 rings (SSSR count). The van der Waals surface area contributed by atoms with E-state index >= 15 is 0 Å². The van der Waals surface area contributed by atoms with E-state index in [4.69, 9.17) is 4.74 Å². The highest BCUT2D eigenvalue weighted by atomic mass is 16.6. The molecule has 1 aliphatic heterocycles. The SMILES string of the molecule is C=CCCCCCC(=O)NCC(C)N(CC1CO1)C(C)CNC(=O)CCCCCC=C. The van der Waals surface area contributed by atoms with E-state index < -0.39 is 0 Å². The quantitative estimate of drug-likeness (QED) is 0.172. The minimum Gasteiger partial charge on any atom is -0.372 e. The lowest BCUT2D eigenvalue weighted by Gasteiger charge is -2.34. The number of allylic oxidation sites excluding steroid dienone is 2. The van der Waals surface area contributed by atoms with E-state index in [-0.39, 0.29) is 30.0 Å². The van der Waals surface area contributed by atoms with E-state index in [0.29, 0.717) is 25.9 Å². The molecule has 6 nitrogen and oxygen atoms in total. The van der Waals surface area contributed by atoms with E-state index in [0.717, 1.165) is 64.5 Å². The molecular weight excluding hydrogens is 390 g/mol. The molecule has 0 aromatic heterocycles. The number of ether oxygens (including phenoxy) is 1. The van der Waals surface area contributed by atoms with Crippen LogP contribution in [0.25, 0.3) is 0 Å². The van der Waals surface area contributed by atoms with Crippen LogP contribution in [0.3, 0.4) is 0 Å². The van der Waals surface area contributed by atoms with Gasteiger partial charge in [-0.25, -0.2) is 0 Å². The standard InChI is InChI=1S/C25H45N3O3/c1-5-7-9-11-13-15-24(29)26-17-21(3)28(19-23-20-31-23)22(4)18-27-25(30)16-14-12-10-8-6-2/h5-6,21-23H,1-2,7-20H2,3-4H3,(H,26,29)(H,27,30). The van der Waals surface area contributed by atoms with Crippen molar-refractivity contribution in [3.8, 4) is 0 Å². The number of unbranched alkanes of at least 4 members (excludes halogenated alkanes) is 6. The van der Waals surface area contributed by atoms with Crippen molar-refractivity contribution < 1.29 is 14.3 Å². The molecule has 2 N–H and O–H groups in total. The van der Waals surface area contributed by atoms with Crippen LogP contribution in [0, 0.1) is 0 Å². The third kappa shape index (κ3) is 14.1. The van der Waals surface area contributed by atoms with E-state index in [1.807, 2.05) is 12.2 Å². The predicted octanol–water partition coefficient (Wildman–Crippen LogP) is 3.97. The van der Waals surface area contributed by atoms with Crippen molar-refractivity contribution in [2.75, 3.05) is 26.2 Å². The van der Waals surface area contributed by atoms with Crippen LogP contribution in [0.1, 0.15) is 78.1 Å². The fourth-order valence-electron chi connectivity index (χ4n) is 3.64. The monoisotopic (exact) mass is 435 g/mol. The molecular formula is C25H45N3O3. The Labute approximate surface area is 189 Å². The van der Waals surface area contributed by atoms with Crippen LogP contribution in [0.4, 0.5) is 0 Å². The second-order valence-corrected chi connectivity index (χ2v) is 8.73. The molecule has 2 amide bonds. The Kier molecular flexibility index (Phi) is 15.0. The first-order valence-electron chi connectivity index (χ1n) is 12.1. The first kappa shape index (κ1) is 27.4. The van der Waals surface area contributed by atoms with Gasteiger partial charge in [0, 0.05) is 44.6 Å². The largest absolute Gasteiger partial charge is 0.372 e. The van der Waals surface area contributed by atoms with Crippen molar-refractivity contribution in [3.05, 3.63) is 25.3 Å². The van der Waals surface area contributed by atoms with E-state index in [1.54, 1.807) is 0 Å². The van der Waals surface area contributed by atoms with Gasteiger partial charge < -0.3 is 15.4 Å². The van der Waals surface area contributed by atoms with Gasteiger partial charge in [0.25, 0.3) is 0 Å². The average Bonchev–Trinajstić information content (AvgIpc) is 3.58. The number of nitrogens with zero attached hydrogens (tertiary/aromatic N) is 1. The number of hydrogen-bond acceptors (Lipinski definition) is 4. The maximum atomic E-state index is 12.2. The summed E-state index contributed by atoms with van der Waals surface area (Å²) in [5, 5.41) is 6.15. The summed E-state index contributed by atoms with van der Waals surface area (Å²) in [6.45, 7) is 14.6. The molecule has 0 saturated carbocycles. The molecule has 0 bridgehead atoms. The minimum absolute atomic E-state index is 0.116. The number of epoxide rings is 1. The zero-order chi connectivity index (χ0) is 22.9. The summed E-state index contributed by atoms with van der Waals surface area (Å²) in [7, 11) is 0. The topological polar surface area (TPSA) is 74.0 Å². The van der Waals surface area contributed by atoms with Crippen molar-refractivity contribution >= 4 is 11.8 Å². The van der Waals surface area contributed by atoms with Crippen LogP contribution in [-0.4, -0.2) is 61.1 Å². The number of hydrogen-bond donors (Lipinski definition) is 2.